The molecule has 0 aliphatic carbocycles. The van der Waals surface area contributed by atoms with Crippen LogP contribution >= 0.6 is 0 Å². The fourth-order valence-electron chi connectivity index (χ4n) is 6.29. The van der Waals surface area contributed by atoms with Crippen LogP contribution in [0, 0.1) is 11.3 Å². The average Bonchev–Trinajstić information content (AvgIpc) is 3.05. The normalized spacial score (nSPS) is 21.9. The molecule has 48 heavy (non-hydrogen) atoms. The number of nitrogens with zero attached hydrogens (tertiary/aromatic N) is 7. The number of benzene rings is 1. The number of hydrogen-bond donors (Lipinski definition) is 2. The van der Waals surface area contributed by atoms with Crippen LogP contribution in [0.3, 0.4) is 0 Å². The average molecular weight is 665 g/mol. The van der Waals surface area contributed by atoms with Gasteiger partial charge in [-0.2, -0.15) is 10.2 Å². The van der Waals surface area contributed by atoms with Gasteiger partial charge in [0, 0.05) is 50.4 Å². The van der Waals surface area contributed by atoms with Crippen molar-refractivity contribution in [3.05, 3.63) is 48.2 Å². The van der Waals surface area contributed by atoms with Gasteiger partial charge in [0.25, 0.3) is 5.91 Å². The Bertz CT molecular complexity index is 1680. The van der Waals surface area contributed by atoms with Crippen molar-refractivity contribution in [1.82, 2.24) is 24.8 Å². The molecule has 0 bridgehead atoms. The molecule has 3 aliphatic heterocycles. The quantitative estimate of drug-likeness (QED) is 0.346. The van der Waals surface area contributed by atoms with Crippen LogP contribution in [0.5, 0.6) is 11.6 Å². The molecule has 2 aromatic heterocycles. The first-order chi connectivity index (χ1) is 23.1. The molecule has 3 saturated heterocycles. The molecule has 0 radical (unpaired) electrons. The molecule has 3 aromatic rings. The second-order valence-corrected chi connectivity index (χ2v) is 12.3. The highest BCUT2D eigenvalue weighted by Gasteiger charge is 2.48. The highest BCUT2D eigenvalue weighted by Crippen LogP contribution is 2.35. The van der Waals surface area contributed by atoms with Gasteiger partial charge in [0.1, 0.15) is 29.4 Å². The number of nitrogens with one attached hydrogen (secondary N) is 1. The summed E-state index contributed by atoms with van der Waals surface area (Å²) in [5.41, 5.74) is 1.99. The lowest BCUT2D eigenvalue weighted by atomic mass is 10.0. The molecule has 5 heterocycles. The maximum atomic E-state index is 14.9. The molecule has 3 unspecified atom stereocenters. The summed E-state index contributed by atoms with van der Waals surface area (Å²) in [7, 11) is 1.58. The van der Waals surface area contributed by atoms with Crippen LogP contribution in [-0.2, 0) is 9.53 Å². The second kappa shape index (κ2) is 13.8. The van der Waals surface area contributed by atoms with Crippen LogP contribution in [0.2, 0.25) is 0 Å². The smallest absolute Gasteiger partial charge is 0.301 e. The van der Waals surface area contributed by atoms with E-state index in [4.69, 9.17) is 14.2 Å². The first-order valence-electron chi connectivity index (χ1n) is 15.9. The van der Waals surface area contributed by atoms with Gasteiger partial charge in [-0.1, -0.05) is 0 Å². The van der Waals surface area contributed by atoms with Gasteiger partial charge in [-0.05, 0) is 50.2 Å². The van der Waals surface area contributed by atoms with E-state index in [0.717, 1.165) is 43.4 Å². The Morgan fingerprint density at radius 3 is 2.67 bits per heavy atom. The van der Waals surface area contributed by atoms with Crippen molar-refractivity contribution in [3.63, 3.8) is 0 Å². The Hall–Kier alpha value is -4.65. The summed E-state index contributed by atoms with van der Waals surface area (Å²) in [6.45, 7) is 6.77. The summed E-state index contributed by atoms with van der Waals surface area (Å²) < 4.78 is 46.5. The van der Waals surface area contributed by atoms with E-state index in [1.807, 2.05) is 18.2 Å². The number of aliphatic hydroxyl groups excluding tert-OH is 1. The highest BCUT2D eigenvalue weighted by molar-refractivity contribution is 5.80. The number of hydrogen-bond acceptors (Lipinski definition) is 12. The Labute approximate surface area is 277 Å². The lowest BCUT2D eigenvalue weighted by Gasteiger charge is -2.47. The molecule has 0 saturated carbocycles. The van der Waals surface area contributed by atoms with E-state index in [1.54, 1.807) is 25.4 Å². The number of piperazine rings is 1. The zero-order valence-corrected chi connectivity index (χ0v) is 27.0. The summed E-state index contributed by atoms with van der Waals surface area (Å²) in [6, 6.07) is 12.9. The molecule has 1 amide bonds. The molecule has 254 valence electrons. The summed E-state index contributed by atoms with van der Waals surface area (Å²) in [4.78, 5) is 31.3. The van der Waals surface area contributed by atoms with Gasteiger partial charge in [-0.3, -0.25) is 9.69 Å². The fraction of sp³-hybridized carbons (Fsp3) is 0.485. The number of nitriles is 1. The van der Waals surface area contributed by atoms with Gasteiger partial charge < -0.3 is 34.4 Å². The minimum Gasteiger partial charge on any atom is -0.483 e. The van der Waals surface area contributed by atoms with Crippen molar-refractivity contribution in [2.75, 3.05) is 63.3 Å². The molecular formula is C33H38F2N8O5. The Morgan fingerprint density at radius 1 is 1.19 bits per heavy atom. The second-order valence-electron chi connectivity index (χ2n) is 12.3. The van der Waals surface area contributed by atoms with E-state index in [2.05, 4.69) is 37.0 Å². The van der Waals surface area contributed by atoms with E-state index in [1.165, 1.54) is 19.1 Å². The summed E-state index contributed by atoms with van der Waals surface area (Å²) in [5.74, 6) is -2.93. The Kier molecular flexibility index (Phi) is 9.58. The molecule has 13 nitrogen and oxygen atoms in total. The molecule has 1 aromatic carbocycles. The number of aromatic nitrogens is 3. The van der Waals surface area contributed by atoms with Crippen LogP contribution in [-0.4, -0.2) is 119 Å². The summed E-state index contributed by atoms with van der Waals surface area (Å²) >= 11 is 0. The third-order valence-electron chi connectivity index (χ3n) is 8.91. The predicted molar refractivity (Wildman–Crippen MR) is 171 cm³/mol. The van der Waals surface area contributed by atoms with Crippen LogP contribution < -0.4 is 19.7 Å². The summed E-state index contributed by atoms with van der Waals surface area (Å²) in [5, 5.41) is 22.5. The molecule has 2 N–H and O–H groups in total. The number of methoxy groups -OCH3 is 1. The van der Waals surface area contributed by atoms with Crippen molar-refractivity contribution in [2.45, 2.75) is 50.5 Å². The molecule has 3 atom stereocenters. The number of ether oxygens (including phenoxy) is 3. The van der Waals surface area contributed by atoms with Crippen LogP contribution in [0.15, 0.2) is 42.6 Å². The minimum atomic E-state index is -3.38. The van der Waals surface area contributed by atoms with Gasteiger partial charge in [-0.15, -0.1) is 0 Å². The lowest BCUT2D eigenvalue weighted by Crippen LogP contribution is -2.60. The number of halogens is 2. The number of carbonyl (C=O) groups is 1. The van der Waals surface area contributed by atoms with Crippen LogP contribution in [0.4, 0.5) is 26.2 Å². The highest BCUT2D eigenvalue weighted by atomic mass is 19.3. The molecule has 6 rings (SSSR count). The largest absolute Gasteiger partial charge is 0.483 e. The third-order valence-corrected chi connectivity index (χ3v) is 8.91. The van der Waals surface area contributed by atoms with Gasteiger partial charge in [0.15, 0.2) is 6.10 Å². The van der Waals surface area contributed by atoms with Gasteiger partial charge in [0.2, 0.25) is 11.8 Å². The number of aliphatic hydroxyl groups is 1. The molecular weight excluding hydrogens is 626 g/mol. The number of piperidine rings is 1. The molecule has 15 heteroatoms. The van der Waals surface area contributed by atoms with E-state index >= 15 is 0 Å². The topological polar surface area (TPSA) is 149 Å². The van der Waals surface area contributed by atoms with Crippen LogP contribution in [0.1, 0.15) is 25.8 Å². The van der Waals surface area contributed by atoms with Gasteiger partial charge in [-0.25, -0.2) is 18.7 Å². The number of anilines is 3. The van der Waals surface area contributed by atoms with Gasteiger partial charge >= 0.3 is 5.92 Å². The van der Waals surface area contributed by atoms with Crippen molar-refractivity contribution >= 4 is 23.4 Å². The SMILES string of the molecule is COc1nc(Nc2nccc(-c3ccc(OC4CCN(C(=O)C(C)O)CC4(F)F)c(C#N)c3)n2)ccc1N1CCN(C2COC2)C(C)C1. The molecule has 3 fully saturated rings. The van der Waals surface area contributed by atoms with E-state index in [0.29, 0.717) is 35.0 Å². The lowest BCUT2D eigenvalue weighted by molar-refractivity contribution is -0.165. The summed E-state index contributed by atoms with van der Waals surface area (Å²) in [6.07, 6.45) is -1.52. The first kappa shape index (κ1) is 33.3. The Balaban J connectivity index is 1.13. The van der Waals surface area contributed by atoms with Crippen molar-refractivity contribution < 1.29 is 32.9 Å². The number of amides is 1. The first-order valence-corrected chi connectivity index (χ1v) is 15.9. The zero-order chi connectivity index (χ0) is 34.0. The van der Waals surface area contributed by atoms with Crippen molar-refractivity contribution in [2.24, 2.45) is 0 Å². The number of pyridine rings is 1. The zero-order valence-electron chi connectivity index (χ0n) is 27.0. The number of likely N-dealkylation sites (tertiary alicyclic amines) is 1. The van der Waals surface area contributed by atoms with E-state index < -0.39 is 30.6 Å². The van der Waals surface area contributed by atoms with Crippen molar-refractivity contribution in [3.8, 4) is 29.0 Å². The Morgan fingerprint density at radius 2 is 2.00 bits per heavy atom. The molecule has 3 aliphatic rings. The maximum absolute atomic E-state index is 14.9. The van der Waals surface area contributed by atoms with Crippen LogP contribution in [0.25, 0.3) is 11.3 Å². The van der Waals surface area contributed by atoms with E-state index in [9.17, 15) is 23.9 Å². The molecule has 0 spiro atoms. The number of carbonyl (C=O) groups excluding carboxylic acids is 1. The number of alkyl halides is 2. The van der Waals surface area contributed by atoms with Crippen molar-refractivity contribution in [1.29, 1.82) is 5.26 Å². The predicted octanol–water partition coefficient (Wildman–Crippen LogP) is 3.07. The third kappa shape index (κ3) is 6.96. The maximum Gasteiger partial charge on any atom is 0.301 e. The minimum absolute atomic E-state index is 0.00196. The monoisotopic (exact) mass is 664 g/mol. The standard InChI is InChI=1S/C33H38F2N8O5/c1-20-16-41(12-13-43(20)24-17-47-18-24)26-5-7-29(39-30(26)46-3)40-32-37-10-8-25(38-32)22-4-6-27(23(14-22)15-36)48-28-9-11-42(19-33(28,34)35)31(45)21(2)44/h4-8,10,14,20-21,24,28,44H,9,11-13,16-19H2,1-3H3,(H,37,38,39,40). The van der Waals surface area contributed by atoms with E-state index in [-0.39, 0.29) is 30.2 Å². The number of rotatable bonds is 9. The van der Waals surface area contributed by atoms with Gasteiger partial charge in [0.05, 0.1) is 44.2 Å². The fourth-order valence-corrected chi connectivity index (χ4v) is 6.29.